The van der Waals surface area contributed by atoms with Crippen molar-refractivity contribution in [1.82, 2.24) is 9.80 Å². The van der Waals surface area contributed by atoms with Gasteiger partial charge in [0.15, 0.2) is 0 Å². The highest BCUT2D eigenvalue weighted by molar-refractivity contribution is 6.30. The molecule has 6 heteroatoms. The second-order valence-corrected chi connectivity index (χ2v) is 5.35. The fourth-order valence-corrected chi connectivity index (χ4v) is 2.41. The van der Waals surface area contributed by atoms with Crippen LogP contribution in [0.5, 0.6) is 0 Å². The molecule has 20 heavy (non-hydrogen) atoms. The van der Waals surface area contributed by atoms with Crippen molar-refractivity contribution in [3.05, 3.63) is 34.9 Å². The van der Waals surface area contributed by atoms with Crippen LogP contribution in [0.4, 0.5) is 0 Å². The zero-order valence-corrected chi connectivity index (χ0v) is 12.1. The van der Waals surface area contributed by atoms with Crippen LogP contribution in [0.1, 0.15) is 17.3 Å². The van der Waals surface area contributed by atoms with Gasteiger partial charge in [-0.2, -0.15) is 0 Å². The minimum Gasteiger partial charge on any atom is -0.338 e. The molecule has 0 spiro atoms. The van der Waals surface area contributed by atoms with Crippen LogP contribution in [-0.2, 0) is 4.79 Å². The van der Waals surface area contributed by atoms with Gasteiger partial charge in [0, 0.05) is 36.8 Å². The first kappa shape index (κ1) is 14.8. The number of carbonyl (C=O) groups excluding carboxylic acids is 2. The van der Waals surface area contributed by atoms with Crippen LogP contribution in [0.15, 0.2) is 24.3 Å². The zero-order valence-electron chi connectivity index (χ0n) is 11.4. The number of halogens is 1. The lowest BCUT2D eigenvalue weighted by Crippen LogP contribution is -2.53. The molecule has 0 aromatic heterocycles. The lowest BCUT2D eigenvalue weighted by Gasteiger charge is -2.35. The molecular weight excluding hydrogens is 278 g/mol. The molecule has 2 N–H and O–H groups in total. The average Bonchev–Trinajstić information content (AvgIpc) is 2.46. The lowest BCUT2D eigenvalue weighted by molar-refractivity contribution is -0.133. The molecule has 1 atom stereocenters. The van der Waals surface area contributed by atoms with Crippen LogP contribution in [0, 0.1) is 0 Å². The Kier molecular flexibility index (Phi) is 4.62. The highest BCUT2D eigenvalue weighted by Gasteiger charge is 2.26. The van der Waals surface area contributed by atoms with Crippen molar-refractivity contribution < 1.29 is 9.59 Å². The molecule has 0 saturated carbocycles. The first-order valence-corrected chi connectivity index (χ1v) is 6.96. The molecule has 5 nitrogen and oxygen atoms in total. The Labute approximate surface area is 123 Å². The number of hydrogen-bond donors (Lipinski definition) is 1. The molecule has 0 radical (unpaired) electrons. The van der Waals surface area contributed by atoms with Crippen LogP contribution in [-0.4, -0.2) is 53.8 Å². The number of nitrogens with zero attached hydrogens (tertiary/aromatic N) is 2. The maximum Gasteiger partial charge on any atom is 0.254 e. The molecule has 1 aromatic rings. The number of rotatable bonds is 2. The van der Waals surface area contributed by atoms with E-state index >= 15 is 0 Å². The maximum absolute atomic E-state index is 12.3. The zero-order chi connectivity index (χ0) is 14.7. The van der Waals surface area contributed by atoms with E-state index in [9.17, 15) is 9.59 Å². The highest BCUT2D eigenvalue weighted by atomic mass is 35.5. The van der Waals surface area contributed by atoms with E-state index in [4.69, 9.17) is 17.3 Å². The fourth-order valence-electron chi connectivity index (χ4n) is 2.22. The molecule has 1 saturated heterocycles. The van der Waals surface area contributed by atoms with Gasteiger partial charge in [0.25, 0.3) is 5.91 Å². The van der Waals surface area contributed by atoms with Gasteiger partial charge in [-0.05, 0) is 25.1 Å². The van der Waals surface area contributed by atoms with Gasteiger partial charge in [0.2, 0.25) is 5.91 Å². The molecule has 0 aliphatic carbocycles. The number of benzene rings is 1. The Hall–Kier alpha value is -1.59. The summed E-state index contributed by atoms with van der Waals surface area (Å²) in [6.45, 7) is 3.75. The largest absolute Gasteiger partial charge is 0.338 e. The van der Waals surface area contributed by atoms with E-state index in [0.29, 0.717) is 36.8 Å². The second kappa shape index (κ2) is 6.24. The van der Waals surface area contributed by atoms with Crippen molar-refractivity contribution in [3.8, 4) is 0 Å². The first-order chi connectivity index (χ1) is 9.49. The third-order valence-corrected chi connectivity index (χ3v) is 3.57. The minimum absolute atomic E-state index is 0.0552. The summed E-state index contributed by atoms with van der Waals surface area (Å²) in [6.07, 6.45) is 0. The number of piperazine rings is 1. The van der Waals surface area contributed by atoms with Crippen molar-refractivity contribution in [3.63, 3.8) is 0 Å². The van der Waals surface area contributed by atoms with Gasteiger partial charge < -0.3 is 15.5 Å². The average molecular weight is 296 g/mol. The summed E-state index contributed by atoms with van der Waals surface area (Å²) in [6, 6.07) is 6.39. The van der Waals surface area contributed by atoms with Gasteiger partial charge >= 0.3 is 0 Å². The molecule has 1 aliphatic rings. The Morgan fingerprint density at radius 2 is 1.80 bits per heavy atom. The highest BCUT2D eigenvalue weighted by Crippen LogP contribution is 2.14. The van der Waals surface area contributed by atoms with Gasteiger partial charge in [-0.3, -0.25) is 9.59 Å². The van der Waals surface area contributed by atoms with Crippen molar-refractivity contribution >= 4 is 23.4 Å². The van der Waals surface area contributed by atoms with Crippen LogP contribution in [0.25, 0.3) is 0 Å². The normalized spacial score (nSPS) is 16.9. The first-order valence-electron chi connectivity index (χ1n) is 6.58. The van der Waals surface area contributed by atoms with Crippen molar-refractivity contribution in [1.29, 1.82) is 0 Å². The number of hydrogen-bond acceptors (Lipinski definition) is 3. The molecule has 0 unspecified atom stereocenters. The number of amides is 2. The Morgan fingerprint density at radius 3 is 2.35 bits per heavy atom. The van der Waals surface area contributed by atoms with Crippen molar-refractivity contribution in [2.75, 3.05) is 26.2 Å². The standard InChI is InChI=1S/C14H18ClN3O2/c1-10(16)13(19)17-5-7-18(8-6-17)14(20)11-3-2-4-12(15)9-11/h2-4,9-10H,5-8,16H2,1H3/t10-/m1/s1. The molecule has 1 aromatic carbocycles. The Balaban J connectivity index is 1.97. The topological polar surface area (TPSA) is 66.6 Å². The van der Waals surface area contributed by atoms with E-state index in [1.807, 2.05) is 0 Å². The molecule has 2 amide bonds. The third-order valence-electron chi connectivity index (χ3n) is 3.34. The Bertz CT molecular complexity index is 511. The summed E-state index contributed by atoms with van der Waals surface area (Å²) < 4.78 is 0. The van der Waals surface area contributed by atoms with E-state index in [2.05, 4.69) is 0 Å². The van der Waals surface area contributed by atoms with E-state index in [-0.39, 0.29) is 11.8 Å². The smallest absolute Gasteiger partial charge is 0.254 e. The summed E-state index contributed by atoms with van der Waals surface area (Å²) in [5.41, 5.74) is 6.16. The lowest BCUT2D eigenvalue weighted by atomic mass is 10.1. The molecule has 108 valence electrons. The van der Waals surface area contributed by atoms with E-state index in [1.54, 1.807) is 41.0 Å². The molecule has 1 fully saturated rings. The third kappa shape index (κ3) is 3.29. The molecule has 1 heterocycles. The summed E-state index contributed by atoms with van der Waals surface area (Å²) in [7, 11) is 0. The maximum atomic E-state index is 12.3. The van der Waals surface area contributed by atoms with E-state index in [0.717, 1.165) is 0 Å². The SMILES string of the molecule is C[C@@H](N)C(=O)N1CCN(C(=O)c2cccc(Cl)c2)CC1. The van der Waals surface area contributed by atoms with Crippen molar-refractivity contribution in [2.24, 2.45) is 5.73 Å². The number of nitrogens with two attached hydrogens (primary N) is 1. The summed E-state index contributed by atoms with van der Waals surface area (Å²) in [5, 5.41) is 0.543. The Morgan fingerprint density at radius 1 is 1.20 bits per heavy atom. The molecule has 0 bridgehead atoms. The van der Waals surface area contributed by atoms with Crippen LogP contribution in [0.2, 0.25) is 5.02 Å². The minimum atomic E-state index is -0.495. The summed E-state index contributed by atoms with van der Waals surface area (Å²) >= 11 is 5.89. The van der Waals surface area contributed by atoms with Crippen LogP contribution in [0.3, 0.4) is 0 Å². The van der Waals surface area contributed by atoms with E-state index < -0.39 is 6.04 Å². The van der Waals surface area contributed by atoms with Crippen LogP contribution >= 0.6 is 11.6 Å². The van der Waals surface area contributed by atoms with Gasteiger partial charge in [-0.25, -0.2) is 0 Å². The fraction of sp³-hybridized carbons (Fsp3) is 0.429. The summed E-state index contributed by atoms with van der Waals surface area (Å²) in [5.74, 6) is -0.125. The van der Waals surface area contributed by atoms with Gasteiger partial charge in [0.1, 0.15) is 0 Å². The summed E-state index contributed by atoms with van der Waals surface area (Å²) in [4.78, 5) is 27.5. The molecule has 2 rings (SSSR count). The molecular formula is C14H18ClN3O2. The molecule has 1 aliphatic heterocycles. The predicted molar refractivity (Wildman–Crippen MR) is 77.6 cm³/mol. The van der Waals surface area contributed by atoms with Gasteiger partial charge in [0.05, 0.1) is 6.04 Å². The van der Waals surface area contributed by atoms with Gasteiger partial charge in [-0.15, -0.1) is 0 Å². The quantitative estimate of drug-likeness (QED) is 0.884. The predicted octanol–water partition coefficient (Wildman–Crippen LogP) is 0.972. The monoisotopic (exact) mass is 295 g/mol. The number of carbonyl (C=O) groups is 2. The van der Waals surface area contributed by atoms with Crippen molar-refractivity contribution in [2.45, 2.75) is 13.0 Å². The van der Waals surface area contributed by atoms with Gasteiger partial charge in [-0.1, -0.05) is 17.7 Å². The van der Waals surface area contributed by atoms with Crippen LogP contribution < -0.4 is 5.73 Å². The second-order valence-electron chi connectivity index (χ2n) is 4.92. The van der Waals surface area contributed by atoms with E-state index in [1.165, 1.54) is 0 Å².